The molecule has 0 amide bonds. The van der Waals surface area contributed by atoms with Gasteiger partial charge in [-0.05, 0) is 12.5 Å². The molecule has 0 aliphatic heterocycles. The lowest BCUT2D eigenvalue weighted by Crippen LogP contribution is -2.21. The largest absolute Gasteiger partial charge is 0.328 e. The lowest BCUT2D eigenvalue weighted by Gasteiger charge is -2.09. The van der Waals surface area contributed by atoms with E-state index in [1.165, 1.54) is 5.01 Å². The van der Waals surface area contributed by atoms with Gasteiger partial charge in [0.05, 0.1) is 23.8 Å². The number of imidazole rings is 1. The molecule has 0 aliphatic carbocycles. The highest BCUT2D eigenvalue weighted by atomic mass is 32.1. The monoisotopic (exact) mass is 292 g/mol. The van der Waals surface area contributed by atoms with E-state index in [0.29, 0.717) is 11.8 Å². The Kier molecular flexibility index (Phi) is 5.31. The predicted molar refractivity (Wildman–Crippen MR) is 84.1 cm³/mol. The summed E-state index contributed by atoms with van der Waals surface area (Å²) in [5, 5.41) is 6.80. The van der Waals surface area contributed by atoms with Gasteiger partial charge in [0, 0.05) is 23.7 Å². The van der Waals surface area contributed by atoms with Gasteiger partial charge in [0.25, 0.3) is 0 Å². The summed E-state index contributed by atoms with van der Waals surface area (Å²) in [6, 6.07) is 0. The number of nitrogens with one attached hydrogen (secondary N) is 1. The lowest BCUT2D eigenvalue weighted by molar-refractivity contribution is 0.532. The number of rotatable bonds is 7. The van der Waals surface area contributed by atoms with Gasteiger partial charge in [0.1, 0.15) is 5.82 Å². The van der Waals surface area contributed by atoms with Gasteiger partial charge in [-0.2, -0.15) is 0 Å². The molecule has 0 spiro atoms. The van der Waals surface area contributed by atoms with Gasteiger partial charge in [0.2, 0.25) is 0 Å². The maximum Gasteiger partial charge on any atom is 0.123 e. The van der Waals surface area contributed by atoms with Crippen LogP contribution in [0.25, 0.3) is 0 Å². The molecule has 110 valence electrons. The zero-order chi connectivity index (χ0) is 14.5. The van der Waals surface area contributed by atoms with Crippen LogP contribution >= 0.6 is 11.3 Å². The normalized spacial score (nSPS) is 11.7. The third-order valence-electron chi connectivity index (χ3n) is 3.03. The van der Waals surface area contributed by atoms with Crippen molar-refractivity contribution in [3.63, 3.8) is 0 Å². The summed E-state index contributed by atoms with van der Waals surface area (Å²) >= 11 is 1.75. The van der Waals surface area contributed by atoms with Crippen LogP contribution in [0, 0.1) is 5.92 Å². The van der Waals surface area contributed by atoms with Crippen LogP contribution in [0.4, 0.5) is 0 Å². The van der Waals surface area contributed by atoms with Crippen molar-refractivity contribution in [1.29, 1.82) is 0 Å². The molecule has 0 bridgehead atoms. The van der Waals surface area contributed by atoms with E-state index in [4.69, 9.17) is 0 Å². The fourth-order valence-electron chi connectivity index (χ4n) is 1.96. The molecule has 0 saturated carbocycles. The molecule has 0 atom stereocenters. The Balaban J connectivity index is 1.97. The average molecular weight is 292 g/mol. The van der Waals surface area contributed by atoms with Crippen LogP contribution in [0.15, 0.2) is 17.8 Å². The Morgan fingerprint density at radius 2 is 2.10 bits per heavy atom. The first-order valence-electron chi connectivity index (χ1n) is 7.21. The van der Waals surface area contributed by atoms with Crippen LogP contribution in [-0.2, 0) is 13.1 Å². The molecule has 2 aromatic heterocycles. The predicted octanol–water partition coefficient (Wildman–Crippen LogP) is 3.26. The Labute approximate surface area is 125 Å². The van der Waals surface area contributed by atoms with Crippen LogP contribution in [0.1, 0.15) is 50.1 Å². The summed E-state index contributed by atoms with van der Waals surface area (Å²) in [4.78, 5) is 9.11. The van der Waals surface area contributed by atoms with E-state index in [1.807, 2.05) is 12.4 Å². The highest BCUT2D eigenvalue weighted by molar-refractivity contribution is 7.09. The van der Waals surface area contributed by atoms with Crippen LogP contribution < -0.4 is 5.32 Å². The second-order valence-electron chi connectivity index (χ2n) is 5.83. The van der Waals surface area contributed by atoms with Crippen molar-refractivity contribution in [2.24, 2.45) is 5.92 Å². The van der Waals surface area contributed by atoms with Crippen molar-refractivity contribution < 1.29 is 0 Å². The van der Waals surface area contributed by atoms with E-state index < -0.39 is 0 Å². The van der Waals surface area contributed by atoms with E-state index in [-0.39, 0.29) is 0 Å². The molecule has 2 aromatic rings. The Morgan fingerprint density at radius 1 is 1.30 bits per heavy atom. The molecule has 0 radical (unpaired) electrons. The zero-order valence-corrected chi connectivity index (χ0v) is 13.6. The first-order chi connectivity index (χ1) is 9.56. The third kappa shape index (κ3) is 4.15. The smallest absolute Gasteiger partial charge is 0.123 e. The second-order valence-corrected chi connectivity index (χ2v) is 6.72. The van der Waals surface area contributed by atoms with Crippen LogP contribution in [0.2, 0.25) is 0 Å². The summed E-state index contributed by atoms with van der Waals surface area (Å²) in [5.74, 6) is 2.24. The summed E-state index contributed by atoms with van der Waals surface area (Å²) in [7, 11) is 0. The summed E-state index contributed by atoms with van der Waals surface area (Å²) in [5.41, 5.74) is 1.13. The Morgan fingerprint density at radius 3 is 2.75 bits per heavy atom. The van der Waals surface area contributed by atoms with Crippen molar-refractivity contribution in [3.05, 3.63) is 34.3 Å². The number of hydrogen-bond acceptors (Lipinski definition) is 4. The molecule has 4 nitrogen and oxygen atoms in total. The number of aromatic nitrogens is 3. The summed E-state index contributed by atoms with van der Waals surface area (Å²) < 4.78 is 2.17. The minimum absolute atomic E-state index is 0.503. The van der Waals surface area contributed by atoms with Crippen molar-refractivity contribution in [2.75, 3.05) is 6.54 Å². The quantitative estimate of drug-likeness (QED) is 0.852. The Hall–Kier alpha value is -1.20. The van der Waals surface area contributed by atoms with Gasteiger partial charge in [0.15, 0.2) is 0 Å². The van der Waals surface area contributed by atoms with E-state index >= 15 is 0 Å². The van der Waals surface area contributed by atoms with Gasteiger partial charge in [-0.3, -0.25) is 0 Å². The fraction of sp³-hybridized carbons (Fsp3) is 0.600. The maximum atomic E-state index is 4.68. The van der Waals surface area contributed by atoms with Gasteiger partial charge < -0.3 is 9.88 Å². The third-order valence-corrected chi connectivity index (χ3v) is 4.23. The first-order valence-corrected chi connectivity index (χ1v) is 8.09. The van der Waals surface area contributed by atoms with E-state index in [0.717, 1.165) is 31.2 Å². The first kappa shape index (κ1) is 15.2. The molecule has 20 heavy (non-hydrogen) atoms. The van der Waals surface area contributed by atoms with Crippen molar-refractivity contribution in [2.45, 2.75) is 46.7 Å². The minimum atomic E-state index is 0.503. The van der Waals surface area contributed by atoms with Gasteiger partial charge in [-0.1, -0.05) is 27.7 Å². The van der Waals surface area contributed by atoms with Crippen molar-refractivity contribution in [1.82, 2.24) is 19.9 Å². The molecule has 0 fully saturated rings. The SMILES string of the molecule is CC(C)CNCc1nccn1Cc1csc(C(C)C)n1. The van der Waals surface area contributed by atoms with Gasteiger partial charge in [-0.15, -0.1) is 11.3 Å². The van der Waals surface area contributed by atoms with E-state index in [9.17, 15) is 0 Å². The van der Waals surface area contributed by atoms with E-state index in [2.05, 4.69) is 52.9 Å². The van der Waals surface area contributed by atoms with Crippen molar-refractivity contribution in [3.8, 4) is 0 Å². The standard InChI is InChI=1S/C15H24N4S/c1-11(2)7-16-8-14-17-5-6-19(14)9-13-10-20-15(18-13)12(3)4/h5-6,10-12,16H,7-9H2,1-4H3. The molecule has 0 aromatic carbocycles. The summed E-state index contributed by atoms with van der Waals surface area (Å²) in [6.45, 7) is 11.4. The highest BCUT2D eigenvalue weighted by Crippen LogP contribution is 2.19. The fourth-order valence-corrected chi connectivity index (χ4v) is 2.78. The average Bonchev–Trinajstić information content (AvgIpc) is 2.99. The number of hydrogen-bond donors (Lipinski definition) is 1. The molecule has 0 aliphatic rings. The molecule has 1 N–H and O–H groups in total. The molecule has 0 unspecified atom stereocenters. The number of nitrogens with zero attached hydrogens (tertiary/aromatic N) is 3. The highest BCUT2D eigenvalue weighted by Gasteiger charge is 2.08. The zero-order valence-electron chi connectivity index (χ0n) is 12.8. The van der Waals surface area contributed by atoms with Crippen LogP contribution in [0.3, 0.4) is 0 Å². The lowest BCUT2D eigenvalue weighted by atomic mass is 10.2. The van der Waals surface area contributed by atoms with Gasteiger partial charge in [-0.25, -0.2) is 9.97 Å². The number of thiazole rings is 1. The van der Waals surface area contributed by atoms with E-state index in [1.54, 1.807) is 11.3 Å². The van der Waals surface area contributed by atoms with Gasteiger partial charge >= 0.3 is 0 Å². The topological polar surface area (TPSA) is 42.7 Å². The molecular weight excluding hydrogens is 268 g/mol. The molecule has 0 saturated heterocycles. The van der Waals surface area contributed by atoms with Crippen molar-refractivity contribution >= 4 is 11.3 Å². The molecule has 5 heteroatoms. The minimum Gasteiger partial charge on any atom is -0.328 e. The van der Waals surface area contributed by atoms with Crippen LogP contribution in [-0.4, -0.2) is 21.1 Å². The molecular formula is C15H24N4S. The molecule has 2 rings (SSSR count). The summed E-state index contributed by atoms with van der Waals surface area (Å²) in [6.07, 6.45) is 3.89. The molecule has 2 heterocycles. The van der Waals surface area contributed by atoms with Crippen LogP contribution in [0.5, 0.6) is 0 Å². The maximum absolute atomic E-state index is 4.68. The Bertz CT molecular complexity index is 527. The second kappa shape index (κ2) is 6.99.